The predicted molar refractivity (Wildman–Crippen MR) is 82.5 cm³/mol. The van der Waals surface area contributed by atoms with E-state index in [2.05, 4.69) is 22.8 Å². The van der Waals surface area contributed by atoms with Gasteiger partial charge in [-0.3, -0.25) is 4.90 Å². The summed E-state index contributed by atoms with van der Waals surface area (Å²) in [6, 6.07) is 8.40. The first-order valence-electron chi connectivity index (χ1n) is 7.47. The van der Waals surface area contributed by atoms with Crippen molar-refractivity contribution in [3.8, 4) is 5.75 Å². The molecule has 2 unspecified atom stereocenters. The van der Waals surface area contributed by atoms with Crippen molar-refractivity contribution in [2.24, 2.45) is 0 Å². The molecule has 1 fully saturated rings. The van der Waals surface area contributed by atoms with Crippen LogP contribution in [0.3, 0.4) is 0 Å². The van der Waals surface area contributed by atoms with E-state index in [1.807, 2.05) is 25.1 Å². The van der Waals surface area contributed by atoms with E-state index >= 15 is 0 Å². The van der Waals surface area contributed by atoms with E-state index in [4.69, 9.17) is 4.74 Å². The Morgan fingerprint density at radius 3 is 2.45 bits per heavy atom. The second kappa shape index (κ2) is 6.95. The summed E-state index contributed by atoms with van der Waals surface area (Å²) in [4.78, 5) is 4.74. The molecule has 4 nitrogen and oxygen atoms in total. The highest BCUT2D eigenvalue weighted by atomic mass is 16.5. The normalized spacial score (nSPS) is 19.7. The molecule has 112 valence electrons. The third-order valence-corrected chi connectivity index (χ3v) is 4.29. The predicted octanol–water partition coefficient (Wildman–Crippen LogP) is 1.98. The Kier molecular flexibility index (Phi) is 5.26. The van der Waals surface area contributed by atoms with Crippen LogP contribution >= 0.6 is 0 Å². The Labute approximate surface area is 122 Å². The van der Waals surface area contributed by atoms with Gasteiger partial charge in [0.25, 0.3) is 0 Å². The second-order valence-electron chi connectivity index (χ2n) is 5.41. The number of nitrogens with zero attached hydrogens (tertiary/aromatic N) is 2. The lowest BCUT2D eigenvalue weighted by Crippen LogP contribution is -2.52. The van der Waals surface area contributed by atoms with Gasteiger partial charge in [-0.25, -0.2) is 0 Å². The number of rotatable bonds is 5. The average Bonchev–Trinajstić information content (AvgIpc) is 2.53. The van der Waals surface area contributed by atoms with Crippen molar-refractivity contribution in [1.29, 1.82) is 0 Å². The monoisotopic (exact) mass is 278 g/mol. The lowest BCUT2D eigenvalue weighted by atomic mass is 10.1. The second-order valence-corrected chi connectivity index (χ2v) is 5.41. The third-order valence-electron chi connectivity index (χ3n) is 4.29. The highest BCUT2D eigenvalue weighted by molar-refractivity contribution is 5.58. The number of benzene rings is 1. The molecule has 0 radical (unpaired) electrons. The zero-order valence-electron chi connectivity index (χ0n) is 12.7. The zero-order chi connectivity index (χ0) is 14.5. The highest BCUT2D eigenvalue weighted by Crippen LogP contribution is 2.28. The van der Waals surface area contributed by atoms with Gasteiger partial charge in [-0.1, -0.05) is 19.1 Å². The maximum atomic E-state index is 9.97. The molecular weight excluding hydrogens is 252 g/mol. The van der Waals surface area contributed by atoms with Gasteiger partial charge in [0.1, 0.15) is 5.75 Å². The molecule has 1 saturated heterocycles. The molecule has 2 atom stereocenters. The van der Waals surface area contributed by atoms with E-state index in [-0.39, 0.29) is 12.1 Å². The Hall–Kier alpha value is -1.26. The van der Waals surface area contributed by atoms with Gasteiger partial charge in [-0.2, -0.15) is 0 Å². The summed E-state index contributed by atoms with van der Waals surface area (Å²) in [6.07, 6.45) is 0.585. The number of aliphatic hydroxyl groups excluding tert-OH is 1. The van der Waals surface area contributed by atoms with E-state index in [9.17, 15) is 5.11 Å². The largest absolute Gasteiger partial charge is 0.495 e. The Bertz CT molecular complexity index is 417. The number of hydrogen-bond acceptors (Lipinski definition) is 4. The van der Waals surface area contributed by atoms with Crippen LogP contribution in [0.25, 0.3) is 0 Å². The molecule has 20 heavy (non-hydrogen) atoms. The molecule has 0 saturated carbocycles. The molecule has 0 bridgehead atoms. The minimum Gasteiger partial charge on any atom is -0.495 e. The molecule has 2 rings (SSSR count). The van der Waals surface area contributed by atoms with E-state index in [0.29, 0.717) is 0 Å². The number of piperazine rings is 1. The lowest BCUT2D eigenvalue weighted by Gasteiger charge is -2.40. The van der Waals surface area contributed by atoms with Crippen molar-refractivity contribution in [3.05, 3.63) is 24.3 Å². The number of hydrogen-bond donors (Lipinski definition) is 1. The van der Waals surface area contributed by atoms with Crippen molar-refractivity contribution in [2.45, 2.75) is 32.4 Å². The lowest BCUT2D eigenvalue weighted by molar-refractivity contribution is 0.0528. The first kappa shape index (κ1) is 15.1. The van der Waals surface area contributed by atoms with Crippen molar-refractivity contribution in [1.82, 2.24) is 4.90 Å². The van der Waals surface area contributed by atoms with Crippen LogP contribution in [0.5, 0.6) is 5.75 Å². The molecule has 0 aromatic heterocycles. The van der Waals surface area contributed by atoms with Gasteiger partial charge in [0, 0.05) is 32.2 Å². The van der Waals surface area contributed by atoms with Gasteiger partial charge < -0.3 is 14.7 Å². The van der Waals surface area contributed by atoms with Gasteiger partial charge in [0.05, 0.1) is 18.9 Å². The molecule has 1 aromatic carbocycles. The van der Waals surface area contributed by atoms with Crippen LogP contribution in [0.15, 0.2) is 24.3 Å². The van der Waals surface area contributed by atoms with Gasteiger partial charge in [0.2, 0.25) is 0 Å². The van der Waals surface area contributed by atoms with E-state index in [1.54, 1.807) is 7.11 Å². The average molecular weight is 278 g/mol. The third kappa shape index (κ3) is 3.25. The van der Waals surface area contributed by atoms with Gasteiger partial charge in [0.15, 0.2) is 0 Å². The minimum absolute atomic E-state index is 0.229. The Balaban J connectivity index is 1.97. The van der Waals surface area contributed by atoms with E-state index in [1.165, 1.54) is 5.69 Å². The maximum absolute atomic E-state index is 9.97. The first-order valence-corrected chi connectivity index (χ1v) is 7.47. The van der Waals surface area contributed by atoms with Crippen molar-refractivity contribution < 1.29 is 9.84 Å². The summed E-state index contributed by atoms with van der Waals surface area (Å²) in [5.74, 6) is 0.933. The zero-order valence-corrected chi connectivity index (χ0v) is 12.7. The van der Waals surface area contributed by atoms with Crippen LogP contribution < -0.4 is 9.64 Å². The summed E-state index contributed by atoms with van der Waals surface area (Å²) in [5, 5.41) is 9.97. The number of methoxy groups -OCH3 is 1. The fourth-order valence-electron chi connectivity index (χ4n) is 2.85. The van der Waals surface area contributed by atoms with Crippen molar-refractivity contribution in [2.75, 3.05) is 38.2 Å². The van der Waals surface area contributed by atoms with Crippen molar-refractivity contribution >= 4 is 5.69 Å². The number of para-hydroxylation sites is 2. The molecule has 0 spiro atoms. The van der Waals surface area contributed by atoms with Crippen molar-refractivity contribution in [3.63, 3.8) is 0 Å². The van der Waals surface area contributed by atoms with Crippen LogP contribution in [-0.4, -0.2) is 55.4 Å². The highest BCUT2D eigenvalue weighted by Gasteiger charge is 2.25. The summed E-state index contributed by atoms with van der Waals surface area (Å²) >= 11 is 0. The molecule has 4 heteroatoms. The standard InChI is InChI=1S/C16H26N2O2/c1-4-15(19)13(2)17-9-11-18(12-10-17)14-7-5-6-8-16(14)20-3/h5-8,13,15,19H,4,9-12H2,1-3H3. The topological polar surface area (TPSA) is 35.9 Å². The van der Waals surface area contributed by atoms with E-state index < -0.39 is 0 Å². The molecular formula is C16H26N2O2. The van der Waals surface area contributed by atoms with Crippen LogP contribution in [-0.2, 0) is 0 Å². The number of ether oxygens (including phenoxy) is 1. The van der Waals surface area contributed by atoms with Crippen LogP contribution in [0, 0.1) is 0 Å². The summed E-state index contributed by atoms with van der Waals surface area (Å²) in [6.45, 7) is 8.06. The maximum Gasteiger partial charge on any atom is 0.142 e. The Morgan fingerprint density at radius 2 is 1.85 bits per heavy atom. The molecule has 1 aliphatic heterocycles. The fourth-order valence-corrected chi connectivity index (χ4v) is 2.85. The number of aliphatic hydroxyl groups is 1. The fraction of sp³-hybridized carbons (Fsp3) is 0.625. The summed E-state index contributed by atoms with van der Waals surface area (Å²) in [7, 11) is 1.72. The van der Waals surface area contributed by atoms with Crippen LogP contribution in [0.1, 0.15) is 20.3 Å². The van der Waals surface area contributed by atoms with Gasteiger partial charge in [-0.05, 0) is 25.5 Å². The molecule has 0 amide bonds. The van der Waals surface area contributed by atoms with E-state index in [0.717, 1.165) is 38.3 Å². The van der Waals surface area contributed by atoms with Gasteiger partial charge in [-0.15, -0.1) is 0 Å². The van der Waals surface area contributed by atoms with Gasteiger partial charge >= 0.3 is 0 Å². The van der Waals surface area contributed by atoms with Crippen LogP contribution in [0.2, 0.25) is 0 Å². The number of anilines is 1. The minimum atomic E-state index is -0.229. The SMILES string of the molecule is CCC(O)C(C)N1CCN(c2ccccc2OC)CC1. The summed E-state index contributed by atoms with van der Waals surface area (Å²) < 4.78 is 5.43. The quantitative estimate of drug-likeness (QED) is 0.893. The first-order chi connectivity index (χ1) is 9.67. The smallest absolute Gasteiger partial charge is 0.142 e. The molecule has 1 aromatic rings. The molecule has 0 aliphatic carbocycles. The molecule has 1 aliphatic rings. The molecule has 1 heterocycles. The Morgan fingerprint density at radius 1 is 1.20 bits per heavy atom. The summed E-state index contributed by atoms with van der Waals surface area (Å²) in [5.41, 5.74) is 1.17. The molecule has 1 N–H and O–H groups in total. The van der Waals surface area contributed by atoms with Crippen LogP contribution in [0.4, 0.5) is 5.69 Å².